The van der Waals surface area contributed by atoms with E-state index >= 15 is 0 Å². The first-order valence-electron chi connectivity index (χ1n) is 5.95. The molecule has 2 heterocycles. The normalized spacial score (nSPS) is 36.9. The van der Waals surface area contributed by atoms with E-state index in [1.54, 1.807) is 0 Å². The standard InChI is InChI=1S/C12H22N2O/c1-3-6-13(2)10-8-12(15)11-5-4-7-14(11)9-10/h3,10-12,15H,1,4-9H2,2H3. The second-order valence-electron chi connectivity index (χ2n) is 4.89. The fraction of sp³-hybridized carbons (Fsp3) is 0.833. The van der Waals surface area contributed by atoms with Crippen molar-refractivity contribution >= 4 is 0 Å². The second-order valence-corrected chi connectivity index (χ2v) is 4.89. The van der Waals surface area contributed by atoms with E-state index in [1.165, 1.54) is 19.4 Å². The second kappa shape index (κ2) is 4.64. The molecule has 0 aromatic carbocycles. The topological polar surface area (TPSA) is 26.7 Å². The Hall–Kier alpha value is -0.380. The molecule has 0 radical (unpaired) electrons. The fourth-order valence-corrected chi connectivity index (χ4v) is 2.97. The molecule has 2 fully saturated rings. The molecule has 86 valence electrons. The van der Waals surface area contributed by atoms with E-state index in [-0.39, 0.29) is 6.10 Å². The van der Waals surface area contributed by atoms with Crippen LogP contribution in [-0.2, 0) is 0 Å². The molecule has 2 aliphatic rings. The molecule has 3 nitrogen and oxygen atoms in total. The Morgan fingerprint density at radius 3 is 3.13 bits per heavy atom. The summed E-state index contributed by atoms with van der Waals surface area (Å²) >= 11 is 0. The number of fused-ring (bicyclic) bond motifs is 1. The van der Waals surface area contributed by atoms with Gasteiger partial charge in [0.05, 0.1) is 6.10 Å². The minimum atomic E-state index is -0.126. The van der Waals surface area contributed by atoms with Gasteiger partial charge in [-0.15, -0.1) is 6.58 Å². The summed E-state index contributed by atoms with van der Waals surface area (Å²) in [6.07, 6.45) is 5.16. The molecule has 0 bridgehead atoms. The van der Waals surface area contributed by atoms with Gasteiger partial charge in [0.2, 0.25) is 0 Å². The summed E-state index contributed by atoms with van der Waals surface area (Å²) in [7, 11) is 2.12. The van der Waals surface area contributed by atoms with Crippen LogP contribution in [0.2, 0.25) is 0 Å². The highest BCUT2D eigenvalue weighted by Gasteiger charge is 2.38. The van der Waals surface area contributed by atoms with E-state index in [9.17, 15) is 5.11 Å². The van der Waals surface area contributed by atoms with Crippen LogP contribution in [0.3, 0.4) is 0 Å². The van der Waals surface area contributed by atoms with Crippen LogP contribution in [-0.4, -0.2) is 59.8 Å². The van der Waals surface area contributed by atoms with Crippen molar-refractivity contribution in [1.29, 1.82) is 0 Å². The van der Waals surface area contributed by atoms with Crippen LogP contribution in [0, 0.1) is 0 Å². The van der Waals surface area contributed by atoms with Gasteiger partial charge in [0, 0.05) is 25.2 Å². The average Bonchev–Trinajstić information content (AvgIpc) is 2.66. The van der Waals surface area contributed by atoms with Gasteiger partial charge in [-0.05, 0) is 32.9 Å². The molecule has 0 aromatic heterocycles. The van der Waals surface area contributed by atoms with E-state index in [2.05, 4.69) is 23.4 Å². The largest absolute Gasteiger partial charge is 0.391 e. The van der Waals surface area contributed by atoms with Crippen molar-refractivity contribution in [3.05, 3.63) is 12.7 Å². The first-order valence-corrected chi connectivity index (χ1v) is 5.95. The van der Waals surface area contributed by atoms with Crippen molar-refractivity contribution in [3.8, 4) is 0 Å². The molecule has 3 unspecified atom stereocenters. The SMILES string of the molecule is C=CCN(C)C1CC(O)C2CCCN2C1. The van der Waals surface area contributed by atoms with Crippen molar-refractivity contribution < 1.29 is 5.11 Å². The van der Waals surface area contributed by atoms with Crippen LogP contribution < -0.4 is 0 Å². The van der Waals surface area contributed by atoms with E-state index in [4.69, 9.17) is 0 Å². The average molecular weight is 210 g/mol. The van der Waals surface area contributed by atoms with Gasteiger partial charge in [0.1, 0.15) is 0 Å². The molecule has 3 heteroatoms. The number of hydrogen-bond acceptors (Lipinski definition) is 3. The minimum absolute atomic E-state index is 0.126. The third-order valence-corrected chi connectivity index (χ3v) is 3.86. The summed E-state index contributed by atoms with van der Waals surface area (Å²) in [5.41, 5.74) is 0. The zero-order valence-corrected chi connectivity index (χ0v) is 9.60. The fourth-order valence-electron chi connectivity index (χ4n) is 2.97. The lowest BCUT2D eigenvalue weighted by molar-refractivity contribution is -0.00644. The summed E-state index contributed by atoms with van der Waals surface area (Å²) in [4.78, 5) is 4.75. The van der Waals surface area contributed by atoms with Crippen molar-refractivity contribution in [2.45, 2.75) is 37.5 Å². The highest BCUT2D eigenvalue weighted by molar-refractivity contribution is 4.95. The van der Waals surface area contributed by atoms with Gasteiger partial charge in [-0.3, -0.25) is 9.80 Å². The van der Waals surface area contributed by atoms with Crippen LogP contribution in [0.1, 0.15) is 19.3 Å². The molecule has 0 amide bonds. The predicted octanol–water partition coefficient (Wildman–Crippen LogP) is 0.702. The Balaban J connectivity index is 1.96. The first-order chi connectivity index (χ1) is 7.22. The highest BCUT2D eigenvalue weighted by atomic mass is 16.3. The molecule has 15 heavy (non-hydrogen) atoms. The number of nitrogens with zero attached hydrogens (tertiary/aromatic N) is 2. The lowest BCUT2D eigenvalue weighted by atomic mass is 9.95. The van der Waals surface area contributed by atoms with Crippen LogP contribution in [0.15, 0.2) is 12.7 Å². The van der Waals surface area contributed by atoms with Gasteiger partial charge >= 0.3 is 0 Å². The van der Waals surface area contributed by atoms with Crippen molar-refractivity contribution in [2.24, 2.45) is 0 Å². The van der Waals surface area contributed by atoms with Crippen LogP contribution >= 0.6 is 0 Å². The third kappa shape index (κ3) is 2.25. The lowest BCUT2D eigenvalue weighted by Gasteiger charge is -2.42. The molecule has 2 rings (SSSR count). The maximum atomic E-state index is 10.1. The maximum absolute atomic E-state index is 10.1. The molecule has 1 N–H and O–H groups in total. The van der Waals surface area contributed by atoms with Crippen molar-refractivity contribution in [2.75, 3.05) is 26.7 Å². The number of aliphatic hydroxyl groups excluding tert-OH is 1. The molecule has 0 aromatic rings. The Morgan fingerprint density at radius 2 is 2.40 bits per heavy atom. The van der Waals surface area contributed by atoms with Gasteiger partial charge in [-0.2, -0.15) is 0 Å². The quantitative estimate of drug-likeness (QED) is 0.695. The summed E-state index contributed by atoms with van der Waals surface area (Å²) in [6.45, 7) is 6.96. The molecule has 2 aliphatic heterocycles. The summed E-state index contributed by atoms with van der Waals surface area (Å²) < 4.78 is 0. The van der Waals surface area contributed by atoms with E-state index < -0.39 is 0 Å². The van der Waals surface area contributed by atoms with Gasteiger partial charge in [-0.1, -0.05) is 6.08 Å². The van der Waals surface area contributed by atoms with E-state index in [0.717, 1.165) is 19.5 Å². The maximum Gasteiger partial charge on any atom is 0.0710 e. The van der Waals surface area contributed by atoms with E-state index in [1.807, 2.05) is 6.08 Å². The number of likely N-dealkylation sites (N-methyl/N-ethyl adjacent to an activating group) is 1. The van der Waals surface area contributed by atoms with Gasteiger partial charge < -0.3 is 5.11 Å². The van der Waals surface area contributed by atoms with Crippen molar-refractivity contribution in [3.63, 3.8) is 0 Å². The number of piperidine rings is 1. The monoisotopic (exact) mass is 210 g/mol. The van der Waals surface area contributed by atoms with Crippen LogP contribution in [0.4, 0.5) is 0 Å². The van der Waals surface area contributed by atoms with Crippen LogP contribution in [0.25, 0.3) is 0 Å². The lowest BCUT2D eigenvalue weighted by Crippen LogP contribution is -2.54. The van der Waals surface area contributed by atoms with E-state index in [0.29, 0.717) is 12.1 Å². The smallest absolute Gasteiger partial charge is 0.0710 e. The first kappa shape index (κ1) is 11.1. The Morgan fingerprint density at radius 1 is 1.60 bits per heavy atom. The third-order valence-electron chi connectivity index (χ3n) is 3.86. The molecule has 3 atom stereocenters. The van der Waals surface area contributed by atoms with Gasteiger partial charge in [0.25, 0.3) is 0 Å². The summed E-state index contributed by atoms with van der Waals surface area (Å²) in [5.74, 6) is 0. The molecule has 0 saturated carbocycles. The van der Waals surface area contributed by atoms with Crippen LogP contribution in [0.5, 0.6) is 0 Å². The minimum Gasteiger partial charge on any atom is -0.391 e. The van der Waals surface area contributed by atoms with Crippen molar-refractivity contribution in [1.82, 2.24) is 9.80 Å². The Labute approximate surface area is 92.4 Å². The molecular weight excluding hydrogens is 188 g/mol. The summed E-state index contributed by atoms with van der Waals surface area (Å²) in [6, 6.07) is 0.936. The summed E-state index contributed by atoms with van der Waals surface area (Å²) in [5, 5.41) is 10.1. The molecule has 2 saturated heterocycles. The number of hydrogen-bond donors (Lipinski definition) is 1. The highest BCUT2D eigenvalue weighted by Crippen LogP contribution is 2.28. The zero-order valence-electron chi connectivity index (χ0n) is 9.60. The predicted molar refractivity (Wildman–Crippen MR) is 61.8 cm³/mol. The number of aliphatic hydroxyl groups is 1. The molecule has 0 aliphatic carbocycles. The van der Waals surface area contributed by atoms with Gasteiger partial charge in [0.15, 0.2) is 0 Å². The van der Waals surface area contributed by atoms with Gasteiger partial charge in [-0.25, -0.2) is 0 Å². The number of rotatable bonds is 3. The Kier molecular flexibility index (Phi) is 3.44. The molecular formula is C12H22N2O. The molecule has 0 spiro atoms. The zero-order chi connectivity index (χ0) is 10.8. The Bertz CT molecular complexity index is 232.